The van der Waals surface area contributed by atoms with Crippen molar-refractivity contribution in [1.29, 1.82) is 0 Å². The minimum absolute atomic E-state index is 0.115. The van der Waals surface area contributed by atoms with Gasteiger partial charge in [0.05, 0.1) is 21.9 Å². The number of aromatic nitrogens is 1. The summed E-state index contributed by atoms with van der Waals surface area (Å²) < 4.78 is 24.8. The lowest BCUT2D eigenvalue weighted by molar-refractivity contribution is 0.249. The summed E-state index contributed by atoms with van der Waals surface area (Å²) in [6.45, 7) is 5.04. The number of urea groups is 1. The molecular weight excluding hydrogens is 326 g/mol. The Bertz CT molecular complexity index is 805. The van der Waals surface area contributed by atoms with Crippen molar-refractivity contribution < 1.29 is 13.2 Å². The minimum Gasteiger partial charge on any atom is -0.331 e. The van der Waals surface area contributed by atoms with Gasteiger partial charge >= 0.3 is 6.03 Å². The zero-order valence-corrected chi connectivity index (χ0v) is 14.7. The van der Waals surface area contributed by atoms with Crippen LogP contribution >= 0.6 is 0 Å². The number of sulfone groups is 1. The van der Waals surface area contributed by atoms with Crippen molar-refractivity contribution in [2.24, 2.45) is 0 Å². The molecule has 1 atom stereocenters. The second kappa shape index (κ2) is 7.44. The first-order valence-corrected chi connectivity index (χ1v) is 9.17. The third-order valence-corrected chi connectivity index (χ3v) is 5.80. The number of para-hydroxylation sites is 1. The number of rotatable bonds is 5. The normalized spacial score (nSPS) is 12.7. The van der Waals surface area contributed by atoms with Gasteiger partial charge in [-0.25, -0.2) is 13.2 Å². The monoisotopic (exact) mass is 347 g/mol. The van der Waals surface area contributed by atoms with Crippen molar-refractivity contribution in [1.82, 2.24) is 10.3 Å². The largest absolute Gasteiger partial charge is 0.331 e. The number of carbonyl (C=O) groups is 1. The number of anilines is 1. The second-order valence-electron chi connectivity index (χ2n) is 5.70. The van der Waals surface area contributed by atoms with Crippen LogP contribution in [0, 0.1) is 0 Å². The summed E-state index contributed by atoms with van der Waals surface area (Å²) >= 11 is 0. The number of hydrogen-bond acceptors (Lipinski definition) is 4. The molecule has 0 saturated carbocycles. The quantitative estimate of drug-likeness (QED) is 0.869. The molecule has 1 aromatic carbocycles. The van der Waals surface area contributed by atoms with E-state index in [2.05, 4.69) is 15.6 Å². The number of amides is 2. The molecule has 1 heterocycles. The smallest absolute Gasteiger partial charge is 0.319 e. The molecule has 2 amide bonds. The first kappa shape index (κ1) is 17.9. The molecule has 0 aliphatic heterocycles. The molecule has 24 heavy (non-hydrogen) atoms. The van der Waals surface area contributed by atoms with E-state index in [4.69, 9.17) is 0 Å². The van der Waals surface area contributed by atoms with Gasteiger partial charge < -0.3 is 10.6 Å². The molecule has 0 aliphatic rings. The molecular formula is C17H21N3O3S. The summed E-state index contributed by atoms with van der Waals surface area (Å²) in [5.74, 6) is 0. The van der Waals surface area contributed by atoms with E-state index in [1.807, 2.05) is 13.0 Å². The van der Waals surface area contributed by atoms with E-state index in [-0.39, 0.29) is 16.6 Å². The molecule has 0 spiro atoms. The Kier molecular flexibility index (Phi) is 5.56. The van der Waals surface area contributed by atoms with Crippen LogP contribution < -0.4 is 10.6 Å². The van der Waals surface area contributed by atoms with Crippen molar-refractivity contribution in [3.05, 3.63) is 54.4 Å². The highest BCUT2D eigenvalue weighted by molar-refractivity contribution is 7.92. The highest BCUT2D eigenvalue weighted by Gasteiger charge is 2.23. The Hall–Kier alpha value is -2.41. The Morgan fingerprint density at radius 1 is 1.08 bits per heavy atom. The van der Waals surface area contributed by atoms with Crippen LogP contribution in [0.25, 0.3) is 0 Å². The van der Waals surface area contributed by atoms with Crippen LogP contribution in [0.4, 0.5) is 10.5 Å². The van der Waals surface area contributed by atoms with E-state index in [9.17, 15) is 13.2 Å². The van der Waals surface area contributed by atoms with E-state index < -0.39 is 21.1 Å². The summed E-state index contributed by atoms with van der Waals surface area (Å²) in [5.41, 5.74) is 1.12. The average Bonchev–Trinajstić information content (AvgIpc) is 2.55. The first-order valence-electron chi connectivity index (χ1n) is 7.62. The molecule has 0 unspecified atom stereocenters. The molecule has 0 radical (unpaired) electrons. The zero-order valence-electron chi connectivity index (χ0n) is 13.9. The lowest BCUT2D eigenvalue weighted by Crippen LogP contribution is -2.32. The number of hydrogen-bond donors (Lipinski definition) is 2. The highest BCUT2D eigenvalue weighted by atomic mass is 32.2. The van der Waals surface area contributed by atoms with Crippen LogP contribution in [0.1, 0.15) is 32.4 Å². The standard InChI is InChI=1S/C17H21N3O3S/c1-12(2)24(22,23)16-9-5-4-8-15(16)20-17(21)19-13(3)14-7-6-10-18-11-14/h4-13H,1-3H3,(H2,19,20,21)/t13-/m0/s1. The molecule has 7 heteroatoms. The Morgan fingerprint density at radius 3 is 2.42 bits per heavy atom. The number of pyridine rings is 1. The predicted octanol–water partition coefficient (Wildman–Crippen LogP) is 3.15. The molecule has 2 N–H and O–H groups in total. The summed E-state index contributed by atoms with van der Waals surface area (Å²) in [7, 11) is -3.49. The van der Waals surface area contributed by atoms with Gasteiger partial charge in [-0.05, 0) is 44.5 Å². The van der Waals surface area contributed by atoms with Crippen LogP contribution in [0.3, 0.4) is 0 Å². The van der Waals surface area contributed by atoms with E-state index in [1.54, 1.807) is 50.5 Å². The number of nitrogens with zero attached hydrogens (tertiary/aromatic N) is 1. The Labute approximate surface area is 142 Å². The van der Waals surface area contributed by atoms with Gasteiger partial charge in [-0.2, -0.15) is 0 Å². The predicted molar refractivity (Wildman–Crippen MR) is 93.6 cm³/mol. The number of benzene rings is 1. The molecule has 2 aromatic rings. The Balaban J connectivity index is 2.16. The average molecular weight is 347 g/mol. The summed E-state index contributed by atoms with van der Waals surface area (Å²) in [6, 6.07) is 9.30. The van der Waals surface area contributed by atoms with Crippen LogP contribution in [0.5, 0.6) is 0 Å². The van der Waals surface area contributed by atoms with E-state index in [0.29, 0.717) is 0 Å². The fourth-order valence-corrected chi connectivity index (χ4v) is 3.34. The summed E-state index contributed by atoms with van der Waals surface area (Å²) in [4.78, 5) is 16.3. The molecule has 6 nitrogen and oxygen atoms in total. The van der Waals surface area contributed by atoms with Crippen molar-refractivity contribution in [3.63, 3.8) is 0 Å². The van der Waals surface area contributed by atoms with Gasteiger partial charge in [0.1, 0.15) is 0 Å². The van der Waals surface area contributed by atoms with Crippen molar-refractivity contribution in [3.8, 4) is 0 Å². The lowest BCUT2D eigenvalue weighted by Gasteiger charge is -2.17. The Morgan fingerprint density at radius 2 is 1.79 bits per heavy atom. The van der Waals surface area contributed by atoms with Crippen molar-refractivity contribution >= 4 is 21.6 Å². The fraction of sp³-hybridized carbons (Fsp3) is 0.294. The third-order valence-electron chi connectivity index (χ3n) is 3.59. The van der Waals surface area contributed by atoms with Crippen molar-refractivity contribution in [2.45, 2.75) is 37.0 Å². The van der Waals surface area contributed by atoms with E-state index in [1.165, 1.54) is 6.07 Å². The van der Waals surface area contributed by atoms with Crippen molar-refractivity contribution in [2.75, 3.05) is 5.32 Å². The first-order chi connectivity index (χ1) is 11.3. The van der Waals surface area contributed by atoms with Gasteiger partial charge in [0.2, 0.25) is 0 Å². The summed E-state index contributed by atoms with van der Waals surface area (Å²) in [6.07, 6.45) is 3.32. The minimum atomic E-state index is -3.49. The summed E-state index contributed by atoms with van der Waals surface area (Å²) in [5, 5.41) is 4.82. The van der Waals surface area contributed by atoms with Gasteiger partial charge in [-0.15, -0.1) is 0 Å². The zero-order chi connectivity index (χ0) is 17.7. The third kappa shape index (κ3) is 4.11. The molecule has 2 rings (SSSR count). The van der Waals surface area contributed by atoms with Crippen LogP contribution in [0.15, 0.2) is 53.7 Å². The van der Waals surface area contributed by atoms with Gasteiger partial charge in [-0.3, -0.25) is 4.98 Å². The maximum Gasteiger partial charge on any atom is 0.319 e. The second-order valence-corrected chi connectivity index (χ2v) is 8.17. The van der Waals surface area contributed by atoms with Gasteiger partial charge in [-0.1, -0.05) is 18.2 Å². The molecule has 0 bridgehead atoms. The lowest BCUT2D eigenvalue weighted by atomic mass is 10.1. The molecule has 0 fully saturated rings. The van der Waals surface area contributed by atoms with Crippen LogP contribution in [-0.2, 0) is 9.84 Å². The maximum absolute atomic E-state index is 12.4. The molecule has 1 aromatic heterocycles. The van der Waals surface area contributed by atoms with E-state index in [0.717, 1.165) is 5.56 Å². The topological polar surface area (TPSA) is 88.2 Å². The van der Waals surface area contributed by atoms with Crippen LogP contribution in [0.2, 0.25) is 0 Å². The SMILES string of the molecule is CC(C)S(=O)(=O)c1ccccc1NC(=O)N[C@@H](C)c1cccnc1. The van der Waals surface area contributed by atoms with Crippen LogP contribution in [-0.4, -0.2) is 24.7 Å². The van der Waals surface area contributed by atoms with E-state index >= 15 is 0 Å². The van der Waals surface area contributed by atoms with Gasteiger partial charge in [0.25, 0.3) is 0 Å². The van der Waals surface area contributed by atoms with Gasteiger partial charge in [0.15, 0.2) is 9.84 Å². The highest BCUT2D eigenvalue weighted by Crippen LogP contribution is 2.24. The van der Waals surface area contributed by atoms with Gasteiger partial charge in [0, 0.05) is 12.4 Å². The molecule has 0 aliphatic carbocycles. The number of nitrogens with one attached hydrogen (secondary N) is 2. The number of carbonyl (C=O) groups excluding carboxylic acids is 1. The molecule has 0 saturated heterocycles. The maximum atomic E-state index is 12.4. The molecule has 128 valence electrons. The fourth-order valence-electron chi connectivity index (χ4n) is 2.14.